The Balaban J connectivity index is 2.00. The van der Waals surface area contributed by atoms with Crippen LogP contribution in [0, 0.1) is 0 Å². The molecule has 0 saturated carbocycles. The lowest BCUT2D eigenvalue weighted by atomic mass is 9.98. The second kappa shape index (κ2) is 4.94. The van der Waals surface area contributed by atoms with Crippen LogP contribution in [-0.2, 0) is 6.42 Å². The van der Waals surface area contributed by atoms with E-state index >= 15 is 0 Å². The lowest BCUT2D eigenvalue weighted by molar-refractivity contribution is 0.0982. The summed E-state index contributed by atoms with van der Waals surface area (Å²) < 4.78 is 0. The Hall–Kier alpha value is -2.40. The van der Waals surface area contributed by atoms with Gasteiger partial charge in [0.1, 0.15) is 5.75 Å². The molecule has 5 heteroatoms. The molecule has 0 bridgehead atoms. The van der Waals surface area contributed by atoms with Crippen molar-refractivity contribution < 1.29 is 9.90 Å². The summed E-state index contributed by atoms with van der Waals surface area (Å²) in [7, 11) is 0. The van der Waals surface area contributed by atoms with Crippen LogP contribution in [0.25, 0.3) is 0 Å². The average Bonchev–Trinajstić information content (AvgIpc) is 2.45. The number of carbonyl (C=O) groups is 1. The number of fused-ring (bicyclic) bond motifs is 1. The van der Waals surface area contributed by atoms with Crippen LogP contribution in [0.3, 0.4) is 0 Å². The van der Waals surface area contributed by atoms with Gasteiger partial charge in [-0.3, -0.25) is 9.78 Å². The normalized spacial score (nSPS) is 17.6. The Kier molecular flexibility index (Phi) is 3.12. The molecule has 1 amide bonds. The summed E-state index contributed by atoms with van der Waals surface area (Å²) in [6, 6.07) is 9.06. The van der Waals surface area contributed by atoms with Crippen molar-refractivity contribution in [2.45, 2.75) is 12.5 Å². The van der Waals surface area contributed by atoms with Crippen molar-refractivity contribution in [3.63, 3.8) is 0 Å². The van der Waals surface area contributed by atoms with Gasteiger partial charge in [-0.1, -0.05) is 18.2 Å². The molecular formula is C15H15N3O2. The predicted octanol–water partition coefficient (Wildman–Crippen LogP) is 1.32. The molecule has 3 N–H and O–H groups in total. The highest BCUT2D eigenvalue weighted by Crippen LogP contribution is 2.28. The van der Waals surface area contributed by atoms with Gasteiger partial charge in [-0.2, -0.15) is 0 Å². The quantitative estimate of drug-likeness (QED) is 0.818. The Morgan fingerprint density at radius 2 is 2.15 bits per heavy atom. The van der Waals surface area contributed by atoms with E-state index in [2.05, 4.69) is 4.98 Å². The summed E-state index contributed by atoms with van der Waals surface area (Å²) in [6.45, 7) is 0.464. The number of amides is 1. The van der Waals surface area contributed by atoms with Crippen LogP contribution < -0.4 is 10.6 Å². The molecule has 0 fully saturated rings. The fourth-order valence-corrected chi connectivity index (χ4v) is 2.52. The highest BCUT2D eigenvalue weighted by atomic mass is 16.3. The number of rotatable bonds is 1. The first-order chi connectivity index (χ1) is 9.65. The minimum atomic E-state index is -0.198. The van der Waals surface area contributed by atoms with E-state index < -0.39 is 0 Å². The first-order valence-electron chi connectivity index (χ1n) is 6.44. The van der Waals surface area contributed by atoms with Crippen molar-refractivity contribution in [3.05, 3.63) is 53.9 Å². The topological polar surface area (TPSA) is 79.5 Å². The molecule has 1 unspecified atom stereocenters. The number of para-hydroxylation sites is 1. The van der Waals surface area contributed by atoms with Crippen LogP contribution in [-0.4, -0.2) is 28.6 Å². The number of aromatic nitrogens is 1. The smallest absolute Gasteiger partial charge is 0.260 e. The molecule has 102 valence electrons. The lowest BCUT2D eigenvalue weighted by Crippen LogP contribution is -2.46. The van der Waals surface area contributed by atoms with Gasteiger partial charge >= 0.3 is 0 Å². The van der Waals surface area contributed by atoms with Crippen LogP contribution in [0.15, 0.2) is 42.7 Å². The first-order valence-corrected chi connectivity index (χ1v) is 6.44. The third-order valence-corrected chi connectivity index (χ3v) is 3.40. The zero-order chi connectivity index (χ0) is 14.1. The summed E-state index contributed by atoms with van der Waals surface area (Å²) in [6.07, 6.45) is 3.51. The number of pyridine rings is 1. The van der Waals surface area contributed by atoms with Gasteiger partial charge in [0.2, 0.25) is 0 Å². The van der Waals surface area contributed by atoms with E-state index in [4.69, 9.17) is 5.73 Å². The molecule has 2 heterocycles. The molecule has 0 spiro atoms. The van der Waals surface area contributed by atoms with Crippen LogP contribution in [0.1, 0.15) is 15.9 Å². The zero-order valence-electron chi connectivity index (χ0n) is 10.9. The molecule has 1 atom stereocenters. The van der Waals surface area contributed by atoms with Crippen molar-refractivity contribution in [3.8, 4) is 5.75 Å². The van der Waals surface area contributed by atoms with Gasteiger partial charge in [0.25, 0.3) is 5.91 Å². The second-order valence-corrected chi connectivity index (χ2v) is 4.94. The van der Waals surface area contributed by atoms with E-state index in [1.54, 1.807) is 4.90 Å². The van der Waals surface area contributed by atoms with E-state index in [-0.39, 0.29) is 17.7 Å². The standard InChI is InChI=1S/C15H15N3O2/c16-12-5-10-3-1-2-4-14(10)18(9-12)15(20)11-6-13(19)8-17-7-11/h1-4,6-8,12,19H,5,9,16H2. The molecule has 1 aromatic carbocycles. The molecule has 0 saturated heterocycles. The summed E-state index contributed by atoms with van der Waals surface area (Å²) in [5.41, 5.74) is 8.32. The predicted molar refractivity (Wildman–Crippen MR) is 75.7 cm³/mol. The third-order valence-electron chi connectivity index (χ3n) is 3.40. The van der Waals surface area contributed by atoms with Gasteiger partial charge in [-0.15, -0.1) is 0 Å². The molecule has 20 heavy (non-hydrogen) atoms. The maximum Gasteiger partial charge on any atom is 0.260 e. The fourth-order valence-electron chi connectivity index (χ4n) is 2.52. The minimum absolute atomic E-state index is 0.0227. The van der Waals surface area contributed by atoms with Crippen molar-refractivity contribution in [1.82, 2.24) is 4.98 Å². The molecule has 1 aliphatic rings. The molecule has 5 nitrogen and oxygen atoms in total. The fraction of sp³-hybridized carbons (Fsp3) is 0.200. The number of benzene rings is 1. The second-order valence-electron chi connectivity index (χ2n) is 4.94. The van der Waals surface area contributed by atoms with E-state index in [9.17, 15) is 9.90 Å². The van der Waals surface area contributed by atoms with Crippen LogP contribution in [0.4, 0.5) is 5.69 Å². The highest BCUT2D eigenvalue weighted by molar-refractivity contribution is 6.06. The Labute approximate surface area is 116 Å². The van der Waals surface area contributed by atoms with E-state index in [0.29, 0.717) is 12.1 Å². The van der Waals surface area contributed by atoms with Crippen molar-refractivity contribution >= 4 is 11.6 Å². The zero-order valence-corrected chi connectivity index (χ0v) is 10.9. The van der Waals surface area contributed by atoms with Gasteiger partial charge in [0.15, 0.2) is 0 Å². The number of anilines is 1. The van der Waals surface area contributed by atoms with E-state index in [0.717, 1.165) is 17.7 Å². The van der Waals surface area contributed by atoms with E-state index in [1.165, 1.54) is 18.5 Å². The summed E-state index contributed by atoms with van der Waals surface area (Å²) in [4.78, 5) is 18.1. The van der Waals surface area contributed by atoms with Gasteiger partial charge in [-0.25, -0.2) is 0 Å². The largest absolute Gasteiger partial charge is 0.506 e. The van der Waals surface area contributed by atoms with Gasteiger partial charge in [0.05, 0.1) is 11.8 Å². The average molecular weight is 269 g/mol. The molecule has 1 aromatic heterocycles. The Morgan fingerprint density at radius 1 is 1.35 bits per heavy atom. The van der Waals surface area contributed by atoms with Crippen molar-refractivity contribution in [1.29, 1.82) is 0 Å². The first kappa shape index (κ1) is 12.6. The van der Waals surface area contributed by atoms with Crippen molar-refractivity contribution in [2.24, 2.45) is 5.73 Å². The van der Waals surface area contributed by atoms with Crippen molar-refractivity contribution in [2.75, 3.05) is 11.4 Å². The van der Waals surface area contributed by atoms with Gasteiger partial charge in [-0.05, 0) is 24.1 Å². The Bertz CT molecular complexity index is 657. The summed E-state index contributed by atoms with van der Waals surface area (Å²) >= 11 is 0. The molecule has 3 rings (SSSR count). The number of aromatic hydroxyl groups is 1. The number of nitrogens with two attached hydrogens (primary N) is 1. The van der Waals surface area contributed by atoms with Crippen LogP contribution in [0.5, 0.6) is 5.75 Å². The number of hydrogen-bond donors (Lipinski definition) is 2. The monoisotopic (exact) mass is 269 g/mol. The van der Waals surface area contributed by atoms with Gasteiger partial charge in [0, 0.05) is 24.5 Å². The molecule has 1 aliphatic heterocycles. The Morgan fingerprint density at radius 3 is 2.95 bits per heavy atom. The molecule has 2 aromatic rings. The molecule has 0 aliphatic carbocycles. The lowest BCUT2D eigenvalue weighted by Gasteiger charge is -2.33. The highest BCUT2D eigenvalue weighted by Gasteiger charge is 2.27. The van der Waals surface area contributed by atoms with Crippen LogP contribution in [0.2, 0.25) is 0 Å². The number of hydrogen-bond acceptors (Lipinski definition) is 4. The minimum Gasteiger partial charge on any atom is -0.506 e. The number of nitrogens with zero attached hydrogens (tertiary/aromatic N) is 2. The maximum absolute atomic E-state index is 12.6. The summed E-state index contributed by atoms with van der Waals surface area (Å²) in [5, 5.41) is 9.45. The summed E-state index contributed by atoms with van der Waals surface area (Å²) in [5.74, 6) is -0.221. The number of carbonyl (C=O) groups excluding carboxylic acids is 1. The third kappa shape index (κ3) is 2.23. The van der Waals surface area contributed by atoms with Gasteiger partial charge < -0.3 is 15.7 Å². The van der Waals surface area contributed by atoms with E-state index in [1.807, 2.05) is 24.3 Å². The maximum atomic E-state index is 12.6. The molecular weight excluding hydrogens is 254 g/mol. The van der Waals surface area contributed by atoms with Crippen LogP contribution >= 0.6 is 0 Å². The SMILES string of the molecule is NC1Cc2ccccc2N(C(=O)c2cncc(O)c2)C1. The molecule has 0 radical (unpaired) electrons.